The van der Waals surface area contributed by atoms with Gasteiger partial charge in [-0.25, -0.2) is 4.52 Å². The van der Waals surface area contributed by atoms with E-state index in [0.29, 0.717) is 18.8 Å². The summed E-state index contributed by atoms with van der Waals surface area (Å²) in [6.45, 7) is 1.20. The Hall–Kier alpha value is -3.41. The lowest BCUT2D eigenvalue weighted by molar-refractivity contribution is 0.0723. The number of pyridine rings is 1. The molecule has 0 radical (unpaired) electrons. The van der Waals surface area contributed by atoms with Crippen molar-refractivity contribution in [3.63, 3.8) is 0 Å². The Kier molecular flexibility index (Phi) is 3.57. The Labute approximate surface area is 156 Å². The number of benzene rings is 1. The fourth-order valence-corrected chi connectivity index (χ4v) is 3.92. The molecule has 134 valence electrons. The Morgan fingerprint density at radius 2 is 1.89 bits per heavy atom. The van der Waals surface area contributed by atoms with E-state index in [4.69, 9.17) is 5.10 Å². The number of amides is 1. The summed E-state index contributed by atoms with van der Waals surface area (Å²) < 4.78 is 3.63. The van der Waals surface area contributed by atoms with E-state index < -0.39 is 0 Å². The van der Waals surface area contributed by atoms with Gasteiger partial charge in [0, 0.05) is 24.7 Å². The van der Waals surface area contributed by atoms with Gasteiger partial charge < -0.3 is 4.90 Å². The molecule has 0 saturated heterocycles. The molecular formula is C21H19N5O. The lowest BCUT2D eigenvalue weighted by Gasteiger charge is -2.26. The molecule has 0 fully saturated rings. The normalized spacial score (nSPS) is 13.7. The van der Waals surface area contributed by atoms with Gasteiger partial charge in [-0.1, -0.05) is 36.4 Å². The molecule has 0 N–H and O–H groups in total. The van der Waals surface area contributed by atoms with Gasteiger partial charge in [-0.2, -0.15) is 10.2 Å². The number of rotatable bonds is 2. The largest absolute Gasteiger partial charge is 0.331 e. The Morgan fingerprint density at radius 1 is 1.04 bits per heavy atom. The maximum Gasteiger partial charge on any atom is 0.272 e. The van der Waals surface area contributed by atoms with Crippen LogP contribution in [0.3, 0.4) is 0 Å². The lowest BCUT2D eigenvalue weighted by Crippen LogP contribution is -2.37. The Morgan fingerprint density at radius 3 is 2.74 bits per heavy atom. The van der Waals surface area contributed by atoms with Gasteiger partial charge >= 0.3 is 0 Å². The third-order valence-corrected chi connectivity index (χ3v) is 5.18. The zero-order valence-corrected chi connectivity index (χ0v) is 15.0. The summed E-state index contributed by atoms with van der Waals surface area (Å²) in [5.74, 6) is -0.0122. The van der Waals surface area contributed by atoms with E-state index in [1.54, 1.807) is 10.7 Å². The van der Waals surface area contributed by atoms with Crippen molar-refractivity contribution in [3.05, 3.63) is 77.7 Å². The summed E-state index contributed by atoms with van der Waals surface area (Å²) in [6, 6.07) is 17.9. The van der Waals surface area contributed by atoms with Gasteiger partial charge in [0.05, 0.1) is 29.6 Å². The average molecular weight is 357 g/mol. The molecule has 1 aliphatic heterocycles. The van der Waals surface area contributed by atoms with Gasteiger partial charge in [0.1, 0.15) is 5.69 Å². The second-order valence-corrected chi connectivity index (χ2v) is 6.82. The van der Waals surface area contributed by atoms with Crippen molar-refractivity contribution in [2.45, 2.75) is 13.0 Å². The maximum absolute atomic E-state index is 13.1. The molecule has 0 atom stereocenters. The van der Waals surface area contributed by atoms with Gasteiger partial charge in [-0.05, 0) is 24.6 Å². The van der Waals surface area contributed by atoms with Crippen molar-refractivity contribution in [2.24, 2.45) is 7.05 Å². The number of carbonyl (C=O) groups excluding carboxylic acids is 1. The minimum absolute atomic E-state index is 0.0122. The van der Waals surface area contributed by atoms with Crippen LogP contribution < -0.4 is 0 Å². The SMILES string of the molecule is Cn1nc2c(c1-c1ccccc1)CCN(C(=O)c1cccc3ccnn13)C2. The van der Waals surface area contributed by atoms with Crippen LogP contribution in [0.2, 0.25) is 0 Å². The highest BCUT2D eigenvalue weighted by Crippen LogP contribution is 2.30. The van der Waals surface area contributed by atoms with E-state index in [1.165, 1.54) is 5.56 Å². The van der Waals surface area contributed by atoms with Crippen molar-refractivity contribution in [1.29, 1.82) is 0 Å². The van der Waals surface area contributed by atoms with Gasteiger partial charge in [0.15, 0.2) is 0 Å². The standard InChI is InChI=1S/C21H19N5O/c1-24-20(15-6-3-2-4-7-15)17-11-13-25(14-18(17)23-24)21(27)19-9-5-8-16-10-12-22-26(16)19/h2-10,12H,11,13-14H2,1H3. The summed E-state index contributed by atoms with van der Waals surface area (Å²) in [5.41, 5.74) is 6.03. The summed E-state index contributed by atoms with van der Waals surface area (Å²) in [6.07, 6.45) is 2.51. The lowest BCUT2D eigenvalue weighted by atomic mass is 9.99. The van der Waals surface area contributed by atoms with Crippen molar-refractivity contribution >= 4 is 11.4 Å². The van der Waals surface area contributed by atoms with Crippen LogP contribution in [0.5, 0.6) is 0 Å². The van der Waals surface area contributed by atoms with Crippen LogP contribution in [0, 0.1) is 0 Å². The number of hydrogen-bond donors (Lipinski definition) is 0. The Balaban J connectivity index is 1.49. The van der Waals surface area contributed by atoms with Gasteiger partial charge in [-0.3, -0.25) is 9.48 Å². The summed E-state index contributed by atoms with van der Waals surface area (Å²) in [5, 5.41) is 8.99. The van der Waals surface area contributed by atoms with Crippen molar-refractivity contribution in [2.75, 3.05) is 6.54 Å². The van der Waals surface area contributed by atoms with E-state index in [-0.39, 0.29) is 5.91 Å². The van der Waals surface area contributed by atoms with Crippen LogP contribution >= 0.6 is 0 Å². The highest BCUT2D eigenvalue weighted by atomic mass is 16.2. The molecule has 0 unspecified atom stereocenters. The third kappa shape index (κ3) is 2.52. The van der Waals surface area contributed by atoms with E-state index in [0.717, 1.165) is 28.9 Å². The number of aryl methyl sites for hydroxylation is 1. The molecule has 0 spiro atoms. The molecule has 3 aromatic heterocycles. The van der Waals surface area contributed by atoms with Crippen LogP contribution in [0.25, 0.3) is 16.8 Å². The van der Waals surface area contributed by atoms with Crippen molar-refractivity contribution in [3.8, 4) is 11.3 Å². The quantitative estimate of drug-likeness (QED) is 0.554. The molecule has 0 aliphatic carbocycles. The number of carbonyl (C=O) groups is 1. The fraction of sp³-hybridized carbons (Fsp3) is 0.190. The highest BCUT2D eigenvalue weighted by Gasteiger charge is 2.28. The minimum Gasteiger partial charge on any atom is -0.331 e. The first-order valence-electron chi connectivity index (χ1n) is 9.04. The first-order chi connectivity index (χ1) is 13.2. The average Bonchev–Trinajstić information content (AvgIpc) is 3.30. The molecule has 6 heteroatoms. The molecule has 4 aromatic rings. The molecule has 1 amide bonds. The van der Waals surface area contributed by atoms with Crippen molar-refractivity contribution < 1.29 is 4.79 Å². The molecule has 1 aliphatic rings. The first kappa shape index (κ1) is 15.8. The zero-order chi connectivity index (χ0) is 18.4. The molecule has 6 nitrogen and oxygen atoms in total. The molecule has 1 aromatic carbocycles. The van der Waals surface area contributed by atoms with Gasteiger partial charge in [-0.15, -0.1) is 0 Å². The highest BCUT2D eigenvalue weighted by molar-refractivity contribution is 5.93. The molecule has 4 heterocycles. The van der Waals surface area contributed by atoms with Crippen LogP contribution in [0.15, 0.2) is 60.8 Å². The van der Waals surface area contributed by atoms with E-state index in [1.807, 2.05) is 59.1 Å². The van der Waals surface area contributed by atoms with Crippen LogP contribution in [0.4, 0.5) is 0 Å². The number of hydrogen-bond acceptors (Lipinski definition) is 3. The summed E-state index contributed by atoms with van der Waals surface area (Å²) in [4.78, 5) is 15.0. The predicted molar refractivity (Wildman–Crippen MR) is 102 cm³/mol. The smallest absolute Gasteiger partial charge is 0.272 e. The number of aromatic nitrogens is 4. The van der Waals surface area contributed by atoms with E-state index in [2.05, 4.69) is 17.2 Å². The molecule has 0 bridgehead atoms. The van der Waals surface area contributed by atoms with E-state index in [9.17, 15) is 4.79 Å². The Bertz CT molecular complexity index is 1140. The first-order valence-corrected chi connectivity index (χ1v) is 9.04. The predicted octanol–water partition coefficient (Wildman–Crippen LogP) is 2.93. The minimum atomic E-state index is -0.0122. The molecular weight excluding hydrogens is 338 g/mol. The monoisotopic (exact) mass is 357 g/mol. The molecule has 27 heavy (non-hydrogen) atoms. The van der Waals surface area contributed by atoms with E-state index >= 15 is 0 Å². The second kappa shape index (κ2) is 6.09. The number of fused-ring (bicyclic) bond motifs is 2. The van der Waals surface area contributed by atoms with Crippen LogP contribution in [0.1, 0.15) is 21.7 Å². The summed E-state index contributed by atoms with van der Waals surface area (Å²) >= 11 is 0. The number of nitrogens with zero attached hydrogens (tertiary/aromatic N) is 5. The zero-order valence-electron chi connectivity index (χ0n) is 15.0. The topological polar surface area (TPSA) is 55.4 Å². The molecule has 5 rings (SSSR count). The van der Waals surface area contributed by atoms with Gasteiger partial charge in [0.2, 0.25) is 0 Å². The van der Waals surface area contributed by atoms with Crippen molar-refractivity contribution in [1.82, 2.24) is 24.3 Å². The van der Waals surface area contributed by atoms with Crippen LogP contribution in [-0.4, -0.2) is 36.7 Å². The third-order valence-electron chi connectivity index (χ3n) is 5.18. The molecule has 0 saturated carbocycles. The van der Waals surface area contributed by atoms with Crippen LogP contribution in [-0.2, 0) is 20.0 Å². The second-order valence-electron chi connectivity index (χ2n) is 6.82. The fourth-order valence-electron chi connectivity index (χ4n) is 3.92. The maximum atomic E-state index is 13.1. The summed E-state index contributed by atoms with van der Waals surface area (Å²) in [7, 11) is 1.97. The van der Waals surface area contributed by atoms with Gasteiger partial charge in [0.25, 0.3) is 5.91 Å².